The fourth-order valence-corrected chi connectivity index (χ4v) is 0.245. The van der Waals surface area contributed by atoms with Gasteiger partial charge in [0.15, 0.2) is 0 Å². The highest BCUT2D eigenvalue weighted by atomic mass is 31.0. The predicted molar refractivity (Wildman–Crippen MR) is 23.5 cm³/mol. The molecule has 40 valence electrons. The van der Waals surface area contributed by atoms with Crippen molar-refractivity contribution in [3.63, 3.8) is 0 Å². The van der Waals surface area contributed by atoms with Crippen LogP contribution >= 0.6 is 9.24 Å². The lowest BCUT2D eigenvalue weighted by Crippen LogP contribution is -2.00. The Morgan fingerprint density at radius 3 is 1.71 bits per heavy atom. The molecule has 0 aromatic carbocycles. The molecule has 0 N–H and O–H groups in total. The summed E-state index contributed by atoms with van der Waals surface area (Å²) in [6.45, 7) is 0. The maximum atomic E-state index is 10.9. The monoisotopic (exact) mass is 126 g/mol. The highest BCUT2D eigenvalue weighted by molar-refractivity contribution is 7.23. The average Bonchev–Trinajstić information content (AvgIpc) is 1.30. The Labute approximate surface area is 41.3 Å². The SMILES string of the molecule is FC(F)(F)C#CP. The molecule has 0 saturated heterocycles. The first-order chi connectivity index (χ1) is 3.06. The Kier molecular flexibility index (Phi) is 2.11. The summed E-state index contributed by atoms with van der Waals surface area (Å²) in [5, 5.41) is 0. The van der Waals surface area contributed by atoms with Crippen molar-refractivity contribution in [1.82, 2.24) is 0 Å². The van der Waals surface area contributed by atoms with Crippen molar-refractivity contribution in [1.29, 1.82) is 0 Å². The molecule has 0 aliphatic carbocycles. The van der Waals surface area contributed by atoms with Gasteiger partial charge in [0.2, 0.25) is 0 Å². The van der Waals surface area contributed by atoms with Gasteiger partial charge in [0.05, 0.1) is 0 Å². The second-order valence-electron chi connectivity index (χ2n) is 0.767. The van der Waals surface area contributed by atoms with Gasteiger partial charge in [-0.15, -0.1) is 0 Å². The van der Waals surface area contributed by atoms with E-state index >= 15 is 0 Å². The van der Waals surface area contributed by atoms with Crippen molar-refractivity contribution in [2.75, 3.05) is 0 Å². The standard InChI is InChI=1S/C3H2F3P/c4-3(5,6)1-2-7/h7H2. The highest BCUT2D eigenvalue weighted by Crippen LogP contribution is 2.11. The fourth-order valence-electron chi connectivity index (χ4n) is 0.0818. The minimum Gasteiger partial charge on any atom is -0.159 e. The van der Waals surface area contributed by atoms with Crippen molar-refractivity contribution >= 4 is 9.24 Å². The summed E-state index contributed by atoms with van der Waals surface area (Å²) in [5.41, 5.74) is 1.65. The lowest BCUT2D eigenvalue weighted by atomic mass is 10.7. The van der Waals surface area contributed by atoms with Crippen LogP contribution in [0.2, 0.25) is 0 Å². The van der Waals surface area contributed by atoms with Crippen LogP contribution in [0, 0.1) is 11.6 Å². The van der Waals surface area contributed by atoms with Crippen molar-refractivity contribution in [2.45, 2.75) is 6.18 Å². The van der Waals surface area contributed by atoms with E-state index in [0.29, 0.717) is 0 Å². The van der Waals surface area contributed by atoms with E-state index in [1.807, 2.05) is 0 Å². The number of hydrogen-bond donors (Lipinski definition) is 0. The van der Waals surface area contributed by atoms with Crippen LogP contribution in [0.4, 0.5) is 13.2 Å². The molecule has 0 aromatic heterocycles. The van der Waals surface area contributed by atoms with Crippen LogP contribution in [-0.4, -0.2) is 6.18 Å². The van der Waals surface area contributed by atoms with Crippen molar-refractivity contribution in [3.05, 3.63) is 0 Å². The molecule has 0 nitrogen and oxygen atoms in total. The second-order valence-corrected chi connectivity index (χ2v) is 1.06. The number of rotatable bonds is 0. The molecule has 0 aliphatic rings. The van der Waals surface area contributed by atoms with Gasteiger partial charge in [-0.3, -0.25) is 0 Å². The molecular weight excluding hydrogens is 124 g/mol. The van der Waals surface area contributed by atoms with E-state index < -0.39 is 6.18 Å². The van der Waals surface area contributed by atoms with Crippen LogP contribution in [0.1, 0.15) is 0 Å². The molecule has 0 bridgehead atoms. The Hall–Kier alpha value is -0.220. The molecule has 0 aliphatic heterocycles. The van der Waals surface area contributed by atoms with Gasteiger partial charge < -0.3 is 0 Å². The van der Waals surface area contributed by atoms with Gasteiger partial charge in [-0.2, -0.15) is 13.2 Å². The van der Waals surface area contributed by atoms with E-state index in [1.165, 1.54) is 0 Å². The van der Waals surface area contributed by atoms with Gasteiger partial charge in [-0.1, -0.05) is 14.9 Å². The van der Waals surface area contributed by atoms with Crippen LogP contribution in [0.15, 0.2) is 0 Å². The van der Waals surface area contributed by atoms with E-state index in [1.54, 1.807) is 14.9 Å². The fraction of sp³-hybridized carbons (Fsp3) is 0.333. The summed E-state index contributed by atoms with van der Waals surface area (Å²) in [6.07, 6.45) is -4.33. The van der Waals surface area contributed by atoms with Crippen LogP contribution < -0.4 is 0 Å². The van der Waals surface area contributed by atoms with E-state index in [2.05, 4.69) is 0 Å². The molecule has 0 radical (unpaired) electrons. The first-order valence-corrected chi connectivity index (χ1v) is 1.93. The van der Waals surface area contributed by atoms with Crippen molar-refractivity contribution in [2.24, 2.45) is 0 Å². The predicted octanol–water partition coefficient (Wildman–Crippen LogP) is 1.38. The van der Waals surface area contributed by atoms with E-state index in [4.69, 9.17) is 0 Å². The maximum Gasteiger partial charge on any atom is 0.457 e. The Bertz CT molecular complexity index is 104. The second kappa shape index (κ2) is 2.18. The lowest BCUT2D eigenvalue weighted by molar-refractivity contribution is -0.0695. The van der Waals surface area contributed by atoms with Crippen LogP contribution in [0.25, 0.3) is 0 Å². The quantitative estimate of drug-likeness (QED) is 0.339. The summed E-state index contributed by atoms with van der Waals surface area (Å²) in [7, 11) is 1.66. The van der Waals surface area contributed by atoms with Crippen LogP contribution in [-0.2, 0) is 0 Å². The van der Waals surface area contributed by atoms with E-state index in [0.717, 1.165) is 5.92 Å². The van der Waals surface area contributed by atoms with E-state index in [-0.39, 0.29) is 0 Å². The lowest BCUT2D eigenvalue weighted by Gasteiger charge is -1.89. The maximum absolute atomic E-state index is 10.9. The molecule has 0 heterocycles. The molecule has 4 heteroatoms. The van der Waals surface area contributed by atoms with Gasteiger partial charge in [-0.25, -0.2) is 0 Å². The van der Waals surface area contributed by atoms with Gasteiger partial charge in [-0.05, 0) is 0 Å². The summed E-state index contributed by atoms with van der Waals surface area (Å²) in [4.78, 5) is 0. The summed E-state index contributed by atoms with van der Waals surface area (Å²) >= 11 is 0. The zero-order chi connectivity index (χ0) is 5.91. The zero-order valence-corrected chi connectivity index (χ0v) is 4.37. The Morgan fingerprint density at radius 2 is 1.71 bits per heavy atom. The average molecular weight is 126 g/mol. The number of alkyl halides is 3. The van der Waals surface area contributed by atoms with Gasteiger partial charge in [0.1, 0.15) is 0 Å². The Morgan fingerprint density at radius 1 is 1.29 bits per heavy atom. The third-order valence-corrected chi connectivity index (χ3v) is 0.358. The molecule has 1 atom stereocenters. The van der Waals surface area contributed by atoms with Gasteiger partial charge in [0.25, 0.3) is 0 Å². The molecule has 0 fully saturated rings. The van der Waals surface area contributed by atoms with Crippen LogP contribution in [0.5, 0.6) is 0 Å². The number of halogens is 3. The van der Waals surface area contributed by atoms with Gasteiger partial charge in [0, 0.05) is 5.92 Å². The molecule has 0 saturated carbocycles. The number of hydrogen-bond acceptors (Lipinski definition) is 0. The smallest absolute Gasteiger partial charge is 0.159 e. The summed E-state index contributed by atoms with van der Waals surface area (Å²) < 4.78 is 32.6. The molecule has 0 spiro atoms. The highest BCUT2D eigenvalue weighted by Gasteiger charge is 2.22. The van der Waals surface area contributed by atoms with E-state index in [9.17, 15) is 13.2 Å². The third kappa shape index (κ3) is 5.78. The zero-order valence-electron chi connectivity index (χ0n) is 3.21. The van der Waals surface area contributed by atoms with Gasteiger partial charge >= 0.3 is 6.18 Å². The minimum atomic E-state index is -4.33. The summed E-state index contributed by atoms with van der Waals surface area (Å²) in [6, 6.07) is 0. The molecule has 0 aromatic rings. The van der Waals surface area contributed by atoms with Crippen LogP contribution in [0.3, 0.4) is 0 Å². The molecule has 0 rings (SSSR count). The largest absolute Gasteiger partial charge is 0.457 e. The van der Waals surface area contributed by atoms with Crippen molar-refractivity contribution < 1.29 is 13.2 Å². The molecule has 1 unspecified atom stereocenters. The van der Waals surface area contributed by atoms with Crippen molar-refractivity contribution in [3.8, 4) is 11.6 Å². The first-order valence-electron chi connectivity index (χ1n) is 1.36. The normalized spacial score (nSPS) is 9.71. The molecule has 7 heavy (non-hydrogen) atoms. The topological polar surface area (TPSA) is 0 Å². The minimum absolute atomic E-state index is 0.998. The first kappa shape index (κ1) is 6.78. The molecular formula is C3H2F3P. The summed E-state index contributed by atoms with van der Waals surface area (Å²) in [5.74, 6) is 0.998. The molecule has 0 amide bonds. The Balaban J connectivity index is 3.72. The third-order valence-electron chi connectivity index (χ3n) is 0.214.